The molecule has 1 aromatic rings. The van der Waals surface area contributed by atoms with Crippen LogP contribution >= 0.6 is 0 Å². The van der Waals surface area contributed by atoms with Crippen molar-refractivity contribution in [2.75, 3.05) is 18.5 Å². The zero-order chi connectivity index (χ0) is 15.1. The first-order valence-electron chi connectivity index (χ1n) is 7.40. The fourth-order valence-corrected chi connectivity index (χ4v) is 2.37. The maximum absolute atomic E-state index is 12.0. The smallest absolute Gasteiger partial charge is 0.226 e. The number of carbonyl (C=O) groups excluding carboxylic acids is 1. The van der Waals surface area contributed by atoms with Crippen LogP contribution in [0.15, 0.2) is 18.2 Å². The molecule has 0 aromatic heterocycles. The number of hydrogen-bond donors (Lipinski definition) is 2. The van der Waals surface area contributed by atoms with E-state index in [1.165, 1.54) is 0 Å². The predicted octanol–water partition coefficient (Wildman–Crippen LogP) is 2.20. The minimum atomic E-state index is -0.0107. The van der Waals surface area contributed by atoms with Gasteiger partial charge < -0.3 is 15.8 Å². The van der Waals surface area contributed by atoms with Gasteiger partial charge in [0.2, 0.25) is 5.91 Å². The quantitative estimate of drug-likeness (QED) is 0.837. The van der Waals surface area contributed by atoms with Crippen molar-refractivity contribution in [3.8, 4) is 11.8 Å². The summed E-state index contributed by atoms with van der Waals surface area (Å²) in [5.41, 5.74) is 8.13. The third-order valence-corrected chi connectivity index (χ3v) is 3.53. The Bertz CT molecular complexity index is 552. The zero-order valence-electron chi connectivity index (χ0n) is 12.4. The lowest BCUT2D eigenvalue weighted by atomic mass is 10.1. The summed E-state index contributed by atoms with van der Waals surface area (Å²) in [6.45, 7) is 3.08. The summed E-state index contributed by atoms with van der Waals surface area (Å²) in [6, 6.07) is 5.73. The van der Waals surface area contributed by atoms with Crippen LogP contribution in [0, 0.1) is 18.8 Å². The van der Waals surface area contributed by atoms with E-state index in [1.54, 1.807) is 0 Å². The van der Waals surface area contributed by atoms with E-state index in [1.807, 2.05) is 25.1 Å². The summed E-state index contributed by atoms with van der Waals surface area (Å²) in [5.74, 6) is 5.84. The van der Waals surface area contributed by atoms with Crippen molar-refractivity contribution in [1.82, 2.24) is 0 Å². The lowest BCUT2D eigenvalue weighted by molar-refractivity contribution is -0.119. The molecule has 0 aliphatic carbocycles. The minimum absolute atomic E-state index is 0.0107. The summed E-state index contributed by atoms with van der Waals surface area (Å²) >= 11 is 0. The number of benzene rings is 1. The molecule has 1 aliphatic heterocycles. The van der Waals surface area contributed by atoms with Crippen molar-refractivity contribution in [2.45, 2.75) is 38.7 Å². The molecular weight excluding hydrogens is 264 g/mol. The van der Waals surface area contributed by atoms with Crippen LogP contribution in [0.5, 0.6) is 0 Å². The van der Waals surface area contributed by atoms with E-state index >= 15 is 0 Å². The molecule has 1 saturated heterocycles. The molecule has 1 amide bonds. The highest BCUT2D eigenvalue weighted by Crippen LogP contribution is 2.18. The highest BCUT2D eigenvalue weighted by atomic mass is 16.5. The van der Waals surface area contributed by atoms with Gasteiger partial charge in [0.25, 0.3) is 0 Å². The Kier molecular flexibility index (Phi) is 5.79. The third kappa shape index (κ3) is 4.89. The van der Waals surface area contributed by atoms with Crippen molar-refractivity contribution in [3.63, 3.8) is 0 Å². The average molecular weight is 286 g/mol. The van der Waals surface area contributed by atoms with Crippen LogP contribution in [-0.2, 0) is 9.53 Å². The molecule has 0 bridgehead atoms. The molecule has 4 heteroatoms. The van der Waals surface area contributed by atoms with Gasteiger partial charge in [-0.25, -0.2) is 0 Å². The molecule has 4 nitrogen and oxygen atoms in total. The standard InChI is InChI=1S/C17H22N2O2/c1-13-7-8-15(11-14(13)5-4-9-18)19-17(20)12-16-6-2-3-10-21-16/h7-8,11,16H,2-3,6,9-10,12,18H2,1H3,(H,19,20). The van der Waals surface area contributed by atoms with E-state index in [4.69, 9.17) is 10.5 Å². The molecule has 112 valence electrons. The number of hydrogen-bond acceptors (Lipinski definition) is 3. The van der Waals surface area contributed by atoms with Gasteiger partial charge in [0.05, 0.1) is 19.1 Å². The fraction of sp³-hybridized carbons (Fsp3) is 0.471. The number of ether oxygens (including phenoxy) is 1. The van der Waals surface area contributed by atoms with Crippen molar-refractivity contribution in [1.29, 1.82) is 0 Å². The van der Waals surface area contributed by atoms with E-state index in [0.29, 0.717) is 13.0 Å². The first-order valence-corrected chi connectivity index (χ1v) is 7.40. The molecule has 0 spiro atoms. The zero-order valence-corrected chi connectivity index (χ0v) is 12.4. The number of aryl methyl sites for hydroxylation is 1. The second-order valence-corrected chi connectivity index (χ2v) is 5.28. The highest BCUT2D eigenvalue weighted by molar-refractivity contribution is 5.91. The molecule has 1 heterocycles. The Balaban J connectivity index is 1.96. The van der Waals surface area contributed by atoms with E-state index in [0.717, 1.165) is 42.7 Å². The van der Waals surface area contributed by atoms with Gasteiger partial charge in [-0.1, -0.05) is 17.9 Å². The van der Waals surface area contributed by atoms with Gasteiger partial charge in [0.1, 0.15) is 0 Å². The fourth-order valence-electron chi connectivity index (χ4n) is 2.37. The molecule has 1 aromatic carbocycles. The number of rotatable bonds is 3. The van der Waals surface area contributed by atoms with E-state index in [2.05, 4.69) is 17.2 Å². The summed E-state index contributed by atoms with van der Waals surface area (Å²) in [6.07, 6.45) is 3.67. The van der Waals surface area contributed by atoms with Gasteiger partial charge in [-0.15, -0.1) is 0 Å². The van der Waals surface area contributed by atoms with Crippen LogP contribution in [0.4, 0.5) is 5.69 Å². The second kappa shape index (κ2) is 7.82. The number of nitrogens with two attached hydrogens (primary N) is 1. The Hall–Kier alpha value is -1.83. The highest BCUT2D eigenvalue weighted by Gasteiger charge is 2.17. The van der Waals surface area contributed by atoms with Crippen molar-refractivity contribution >= 4 is 11.6 Å². The van der Waals surface area contributed by atoms with Crippen molar-refractivity contribution in [3.05, 3.63) is 29.3 Å². The predicted molar refractivity (Wildman–Crippen MR) is 83.9 cm³/mol. The SMILES string of the molecule is Cc1ccc(NC(=O)CC2CCCCO2)cc1C#CCN. The summed E-state index contributed by atoms with van der Waals surface area (Å²) < 4.78 is 5.59. The summed E-state index contributed by atoms with van der Waals surface area (Å²) in [5, 5.41) is 2.92. The van der Waals surface area contributed by atoms with Crippen molar-refractivity contribution in [2.24, 2.45) is 5.73 Å². The Labute approximate surface area is 126 Å². The Morgan fingerprint density at radius 3 is 3.05 bits per heavy atom. The molecule has 21 heavy (non-hydrogen) atoms. The number of nitrogens with one attached hydrogen (secondary N) is 1. The van der Waals surface area contributed by atoms with Gasteiger partial charge in [-0.2, -0.15) is 0 Å². The van der Waals surface area contributed by atoms with Gasteiger partial charge in [0.15, 0.2) is 0 Å². The monoisotopic (exact) mass is 286 g/mol. The van der Waals surface area contributed by atoms with Crippen LogP contribution < -0.4 is 11.1 Å². The molecule has 2 rings (SSSR count). The number of amides is 1. The number of anilines is 1. The van der Waals surface area contributed by atoms with Crippen molar-refractivity contribution < 1.29 is 9.53 Å². The summed E-state index contributed by atoms with van der Waals surface area (Å²) in [4.78, 5) is 12.0. The van der Waals surface area contributed by atoms with Gasteiger partial charge >= 0.3 is 0 Å². The first kappa shape index (κ1) is 15.6. The lowest BCUT2D eigenvalue weighted by Crippen LogP contribution is -2.25. The van der Waals surface area contributed by atoms with Gasteiger partial charge in [-0.05, 0) is 43.9 Å². The van der Waals surface area contributed by atoms with Gasteiger partial charge in [-0.3, -0.25) is 4.79 Å². The first-order chi connectivity index (χ1) is 10.2. The molecule has 1 atom stereocenters. The van der Waals surface area contributed by atoms with Crippen LogP contribution in [-0.4, -0.2) is 25.2 Å². The Morgan fingerprint density at radius 1 is 1.48 bits per heavy atom. The molecule has 1 unspecified atom stereocenters. The Morgan fingerprint density at radius 2 is 2.33 bits per heavy atom. The van der Waals surface area contributed by atoms with E-state index < -0.39 is 0 Å². The molecule has 3 N–H and O–H groups in total. The number of carbonyl (C=O) groups is 1. The van der Waals surface area contributed by atoms with E-state index in [-0.39, 0.29) is 12.0 Å². The van der Waals surface area contributed by atoms with Crippen LogP contribution in [0.3, 0.4) is 0 Å². The van der Waals surface area contributed by atoms with E-state index in [9.17, 15) is 4.79 Å². The topological polar surface area (TPSA) is 64.3 Å². The van der Waals surface area contributed by atoms with Gasteiger partial charge in [0, 0.05) is 17.9 Å². The third-order valence-electron chi connectivity index (χ3n) is 3.53. The lowest BCUT2D eigenvalue weighted by Gasteiger charge is -2.22. The van der Waals surface area contributed by atoms with Crippen LogP contribution in [0.25, 0.3) is 0 Å². The van der Waals surface area contributed by atoms with Crippen LogP contribution in [0.2, 0.25) is 0 Å². The summed E-state index contributed by atoms with van der Waals surface area (Å²) in [7, 11) is 0. The normalized spacial score (nSPS) is 17.7. The molecule has 0 saturated carbocycles. The molecule has 1 aliphatic rings. The molecule has 0 radical (unpaired) electrons. The maximum Gasteiger partial charge on any atom is 0.226 e. The molecular formula is C17H22N2O2. The second-order valence-electron chi connectivity index (χ2n) is 5.28. The maximum atomic E-state index is 12.0. The molecule has 1 fully saturated rings. The average Bonchev–Trinajstić information content (AvgIpc) is 2.48. The van der Waals surface area contributed by atoms with Crippen LogP contribution in [0.1, 0.15) is 36.8 Å². The minimum Gasteiger partial charge on any atom is -0.378 e. The largest absolute Gasteiger partial charge is 0.378 e.